The largest absolute Gasteiger partial charge is 0.382 e. The summed E-state index contributed by atoms with van der Waals surface area (Å²) in [5.41, 5.74) is 5.94. The summed E-state index contributed by atoms with van der Waals surface area (Å²) in [6, 6.07) is 0.281. The first-order valence-corrected chi connectivity index (χ1v) is 5.91. The zero-order valence-electron chi connectivity index (χ0n) is 10.7. The third kappa shape index (κ3) is 7.77. The highest BCUT2D eigenvalue weighted by atomic mass is 16.5. The van der Waals surface area contributed by atoms with Crippen LogP contribution in [0.4, 0.5) is 0 Å². The highest BCUT2D eigenvalue weighted by molar-refractivity contribution is 4.71. The maximum absolute atomic E-state index is 5.94. The summed E-state index contributed by atoms with van der Waals surface area (Å²) in [7, 11) is 1.69. The minimum atomic E-state index is 0.281. The van der Waals surface area contributed by atoms with E-state index < -0.39 is 0 Å². The highest BCUT2D eigenvalue weighted by Crippen LogP contribution is 2.19. The zero-order chi connectivity index (χ0) is 11.7. The Bertz CT molecular complexity index is 130. The molecular weight excluding hydrogens is 190 g/mol. The summed E-state index contributed by atoms with van der Waals surface area (Å²) < 4.78 is 10.3. The maximum Gasteiger partial charge on any atom is 0.0700 e. The molecule has 2 N–H and O–H groups in total. The average molecular weight is 217 g/mol. The lowest BCUT2D eigenvalue weighted by Gasteiger charge is -2.24. The molecule has 0 radical (unpaired) electrons. The average Bonchev–Trinajstić information content (AvgIpc) is 2.15. The van der Waals surface area contributed by atoms with Gasteiger partial charge in [0.15, 0.2) is 0 Å². The third-order valence-corrected chi connectivity index (χ3v) is 2.79. The molecule has 2 unspecified atom stereocenters. The lowest BCUT2D eigenvalue weighted by Crippen LogP contribution is -2.30. The molecule has 0 aromatic heterocycles. The topological polar surface area (TPSA) is 44.5 Å². The fourth-order valence-corrected chi connectivity index (χ4v) is 1.87. The molecular formula is C12H27NO2. The van der Waals surface area contributed by atoms with Gasteiger partial charge in [0.05, 0.1) is 13.2 Å². The molecule has 0 bridgehead atoms. The standard InChI is InChI=1S/C12H27NO2/c1-10(2)12(11(3)13)6-5-7-15-9-8-14-4/h10-12H,5-9,13H2,1-4H3. The summed E-state index contributed by atoms with van der Waals surface area (Å²) in [4.78, 5) is 0. The molecule has 2 atom stereocenters. The zero-order valence-corrected chi connectivity index (χ0v) is 10.7. The Morgan fingerprint density at radius 1 is 1.07 bits per heavy atom. The van der Waals surface area contributed by atoms with Gasteiger partial charge in [-0.15, -0.1) is 0 Å². The van der Waals surface area contributed by atoms with E-state index >= 15 is 0 Å². The van der Waals surface area contributed by atoms with Crippen LogP contribution in [0, 0.1) is 11.8 Å². The van der Waals surface area contributed by atoms with Gasteiger partial charge in [0, 0.05) is 19.8 Å². The third-order valence-electron chi connectivity index (χ3n) is 2.79. The van der Waals surface area contributed by atoms with E-state index in [0.29, 0.717) is 25.0 Å². The van der Waals surface area contributed by atoms with Crippen LogP contribution in [-0.4, -0.2) is 33.0 Å². The summed E-state index contributed by atoms with van der Waals surface area (Å²) in [6.07, 6.45) is 2.25. The Hall–Kier alpha value is -0.120. The number of hydrogen-bond acceptors (Lipinski definition) is 3. The van der Waals surface area contributed by atoms with Gasteiger partial charge in [-0.3, -0.25) is 0 Å². The van der Waals surface area contributed by atoms with Crippen molar-refractivity contribution in [3.63, 3.8) is 0 Å². The van der Waals surface area contributed by atoms with Crippen molar-refractivity contribution in [1.82, 2.24) is 0 Å². The van der Waals surface area contributed by atoms with E-state index in [0.717, 1.165) is 19.4 Å². The van der Waals surface area contributed by atoms with E-state index in [4.69, 9.17) is 15.2 Å². The van der Waals surface area contributed by atoms with Gasteiger partial charge in [-0.05, 0) is 31.6 Å². The number of ether oxygens (including phenoxy) is 2. The molecule has 0 aromatic rings. The minimum absolute atomic E-state index is 0.281. The monoisotopic (exact) mass is 217 g/mol. The molecule has 15 heavy (non-hydrogen) atoms. The van der Waals surface area contributed by atoms with Crippen molar-refractivity contribution in [3.05, 3.63) is 0 Å². The quantitative estimate of drug-likeness (QED) is 0.601. The second kappa shape index (κ2) is 9.13. The van der Waals surface area contributed by atoms with Crippen molar-refractivity contribution in [1.29, 1.82) is 0 Å². The van der Waals surface area contributed by atoms with Crippen LogP contribution >= 0.6 is 0 Å². The molecule has 0 aliphatic heterocycles. The van der Waals surface area contributed by atoms with Crippen molar-refractivity contribution < 1.29 is 9.47 Å². The molecule has 0 amide bonds. The van der Waals surface area contributed by atoms with Gasteiger partial charge in [0.2, 0.25) is 0 Å². The first-order valence-electron chi connectivity index (χ1n) is 5.91. The van der Waals surface area contributed by atoms with E-state index in [-0.39, 0.29) is 6.04 Å². The molecule has 0 saturated heterocycles. The number of nitrogens with two attached hydrogens (primary N) is 1. The van der Waals surface area contributed by atoms with Crippen molar-refractivity contribution >= 4 is 0 Å². The van der Waals surface area contributed by atoms with Gasteiger partial charge in [-0.25, -0.2) is 0 Å². The molecule has 0 aliphatic rings. The second-order valence-corrected chi connectivity index (χ2v) is 4.51. The van der Waals surface area contributed by atoms with E-state index in [9.17, 15) is 0 Å². The van der Waals surface area contributed by atoms with Crippen LogP contribution in [0.15, 0.2) is 0 Å². The van der Waals surface area contributed by atoms with Gasteiger partial charge in [0.25, 0.3) is 0 Å². The van der Waals surface area contributed by atoms with E-state index in [1.54, 1.807) is 7.11 Å². The predicted molar refractivity (Wildman–Crippen MR) is 63.9 cm³/mol. The molecule has 3 nitrogen and oxygen atoms in total. The van der Waals surface area contributed by atoms with E-state index in [1.807, 2.05) is 0 Å². The normalized spacial score (nSPS) is 15.6. The van der Waals surface area contributed by atoms with Crippen LogP contribution in [0.3, 0.4) is 0 Å². The number of methoxy groups -OCH3 is 1. The SMILES string of the molecule is COCCOCCCC(C(C)C)C(C)N. The van der Waals surface area contributed by atoms with Crippen LogP contribution in [0.1, 0.15) is 33.6 Å². The predicted octanol–water partition coefficient (Wildman–Crippen LogP) is 2.05. The first-order chi connectivity index (χ1) is 7.09. The Kier molecular flexibility index (Phi) is 9.06. The Balaban J connectivity index is 3.46. The lowest BCUT2D eigenvalue weighted by molar-refractivity contribution is 0.0658. The summed E-state index contributed by atoms with van der Waals surface area (Å²) >= 11 is 0. The summed E-state index contributed by atoms with van der Waals surface area (Å²) in [5, 5.41) is 0. The molecule has 0 aromatic carbocycles. The van der Waals surface area contributed by atoms with Crippen LogP contribution in [0.25, 0.3) is 0 Å². The minimum Gasteiger partial charge on any atom is -0.382 e. The fraction of sp³-hybridized carbons (Fsp3) is 1.00. The lowest BCUT2D eigenvalue weighted by atomic mass is 9.86. The molecule has 0 fully saturated rings. The molecule has 0 heterocycles. The Labute approximate surface area is 94.3 Å². The molecule has 0 rings (SSSR count). The van der Waals surface area contributed by atoms with Crippen LogP contribution < -0.4 is 5.73 Å². The number of hydrogen-bond donors (Lipinski definition) is 1. The summed E-state index contributed by atoms with van der Waals surface area (Å²) in [5.74, 6) is 1.26. The second-order valence-electron chi connectivity index (χ2n) is 4.51. The van der Waals surface area contributed by atoms with Gasteiger partial charge >= 0.3 is 0 Å². The summed E-state index contributed by atoms with van der Waals surface area (Å²) in [6.45, 7) is 8.76. The fourth-order valence-electron chi connectivity index (χ4n) is 1.87. The molecule has 0 aliphatic carbocycles. The molecule has 3 heteroatoms. The van der Waals surface area contributed by atoms with Gasteiger partial charge in [-0.2, -0.15) is 0 Å². The maximum atomic E-state index is 5.94. The Morgan fingerprint density at radius 2 is 1.73 bits per heavy atom. The first kappa shape index (κ1) is 14.9. The van der Waals surface area contributed by atoms with Crippen molar-refractivity contribution in [2.75, 3.05) is 26.9 Å². The van der Waals surface area contributed by atoms with Gasteiger partial charge in [-0.1, -0.05) is 13.8 Å². The van der Waals surface area contributed by atoms with E-state index in [2.05, 4.69) is 20.8 Å². The molecule has 0 spiro atoms. The molecule has 0 saturated carbocycles. The van der Waals surface area contributed by atoms with Crippen LogP contribution in [0.2, 0.25) is 0 Å². The highest BCUT2D eigenvalue weighted by Gasteiger charge is 2.16. The van der Waals surface area contributed by atoms with Crippen LogP contribution in [-0.2, 0) is 9.47 Å². The van der Waals surface area contributed by atoms with E-state index in [1.165, 1.54) is 0 Å². The van der Waals surface area contributed by atoms with Crippen molar-refractivity contribution in [2.24, 2.45) is 17.6 Å². The smallest absolute Gasteiger partial charge is 0.0700 e. The Morgan fingerprint density at radius 3 is 2.20 bits per heavy atom. The van der Waals surface area contributed by atoms with Gasteiger partial charge in [0.1, 0.15) is 0 Å². The van der Waals surface area contributed by atoms with Crippen LogP contribution in [0.5, 0.6) is 0 Å². The van der Waals surface area contributed by atoms with Crippen molar-refractivity contribution in [2.45, 2.75) is 39.7 Å². The van der Waals surface area contributed by atoms with Gasteiger partial charge < -0.3 is 15.2 Å². The van der Waals surface area contributed by atoms with Crippen molar-refractivity contribution in [3.8, 4) is 0 Å². The number of rotatable bonds is 9. The molecule has 92 valence electrons.